The first kappa shape index (κ1) is 16.6. The van der Waals surface area contributed by atoms with Crippen LogP contribution in [0.3, 0.4) is 0 Å². The summed E-state index contributed by atoms with van der Waals surface area (Å²) >= 11 is 0. The summed E-state index contributed by atoms with van der Waals surface area (Å²) < 4.78 is 0. The summed E-state index contributed by atoms with van der Waals surface area (Å²) in [4.78, 5) is 0. The van der Waals surface area contributed by atoms with Crippen molar-refractivity contribution in [2.24, 2.45) is 0 Å². The third-order valence-electron chi connectivity index (χ3n) is 4.27. The average molecular weight is 321 g/mol. The quantitative estimate of drug-likeness (QED) is 0.539. The zero-order chi connectivity index (χ0) is 17.8. The molecule has 0 aromatic heterocycles. The van der Waals surface area contributed by atoms with Crippen molar-refractivity contribution >= 4 is 0 Å². The maximum atomic E-state index is 8.84. The summed E-state index contributed by atoms with van der Waals surface area (Å²) in [5, 5.41) is 8.84. The van der Waals surface area contributed by atoms with E-state index in [0.29, 0.717) is 5.56 Å². The minimum absolute atomic E-state index is 0.652. The number of nitrogens with zero attached hydrogens (tertiary/aromatic N) is 1. The Bertz CT molecular complexity index is 1020. The Morgan fingerprint density at radius 2 is 1.40 bits per heavy atom. The van der Waals surface area contributed by atoms with Gasteiger partial charge in [-0.25, -0.2) is 0 Å². The van der Waals surface area contributed by atoms with Crippen LogP contribution in [0.1, 0.15) is 33.4 Å². The van der Waals surface area contributed by atoms with Crippen molar-refractivity contribution < 1.29 is 0 Å². The van der Waals surface area contributed by atoms with E-state index in [4.69, 9.17) is 5.26 Å². The first-order chi connectivity index (χ1) is 12.1. The van der Waals surface area contributed by atoms with Gasteiger partial charge in [-0.05, 0) is 73.4 Å². The van der Waals surface area contributed by atoms with E-state index in [2.05, 4.69) is 75.1 Å². The highest BCUT2D eigenvalue weighted by Gasteiger charge is 2.04. The van der Waals surface area contributed by atoms with E-state index in [-0.39, 0.29) is 0 Å². The van der Waals surface area contributed by atoms with Crippen molar-refractivity contribution in [1.29, 1.82) is 5.26 Å². The molecule has 1 heteroatoms. The molecule has 3 aromatic carbocycles. The predicted octanol–water partition coefficient (Wildman–Crippen LogP) is 5.55. The predicted molar refractivity (Wildman–Crippen MR) is 103 cm³/mol. The van der Waals surface area contributed by atoms with Crippen LogP contribution in [0.25, 0.3) is 11.1 Å². The summed E-state index contributed by atoms with van der Waals surface area (Å²) in [6.45, 7) is 6.36. The molecule has 3 rings (SSSR count). The molecule has 0 unspecified atom stereocenters. The van der Waals surface area contributed by atoms with Gasteiger partial charge in [0.25, 0.3) is 0 Å². The molecule has 0 aliphatic rings. The summed E-state index contributed by atoms with van der Waals surface area (Å²) in [5.41, 5.74) is 8.81. The summed E-state index contributed by atoms with van der Waals surface area (Å²) in [6, 6.07) is 22.4. The van der Waals surface area contributed by atoms with Crippen LogP contribution >= 0.6 is 0 Å². The molecule has 25 heavy (non-hydrogen) atoms. The summed E-state index contributed by atoms with van der Waals surface area (Å²) in [5.74, 6) is 6.41. The zero-order valence-electron chi connectivity index (χ0n) is 14.7. The van der Waals surface area contributed by atoms with Crippen molar-refractivity contribution in [2.45, 2.75) is 20.8 Å². The lowest BCUT2D eigenvalue weighted by atomic mass is 9.96. The van der Waals surface area contributed by atoms with E-state index in [9.17, 15) is 0 Å². The number of rotatable bonds is 1. The van der Waals surface area contributed by atoms with Crippen molar-refractivity contribution in [1.82, 2.24) is 0 Å². The minimum Gasteiger partial charge on any atom is -0.192 e. The second-order valence-electron chi connectivity index (χ2n) is 6.29. The number of benzene rings is 3. The second-order valence-corrected chi connectivity index (χ2v) is 6.29. The van der Waals surface area contributed by atoms with E-state index >= 15 is 0 Å². The van der Waals surface area contributed by atoms with Gasteiger partial charge < -0.3 is 0 Å². The van der Waals surface area contributed by atoms with Gasteiger partial charge in [-0.2, -0.15) is 5.26 Å². The van der Waals surface area contributed by atoms with Crippen molar-refractivity contribution in [3.05, 3.63) is 94.0 Å². The van der Waals surface area contributed by atoms with Crippen LogP contribution in [-0.2, 0) is 0 Å². The van der Waals surface area contributed by atoms with E-state index < -0.39 is 0 Å². The Balaban J connectivity index is 1.90. The highest BCUT2D eigenvalue weighted by atomic mass is 14.2. The maximum absolute atomic E-state index is 8.84. The number of hydrogen-bond donors (Lipinski definition) is 0. The fraction of sp³-hybridized carbons (Fsp3) is 0.125. The second kappa shape index (κ2) is 7.08. The van der Waals surface area contributed by atoms with Gasteiger partial charge in [0, 0.05) is 11.1 Å². The average Bonchev–Trinajstić information content (AvgIpc) is 2.61. The molecule has 0 N–H and O–H groups in total. The van der Waals surface area contributed by atoms with Crippen LogP contribution in [-0.4, -0.2) is 0 Å². The molecule has 0 aliphatic carbocycles. The van der Waals surface area contributed by atoms with E-state index in [1.54, 1.807) is 12.1 Å². The Morgan fingerprint density at radius 1 is 0.680 bits per heavy atom. The molecule has 120 valence electrons. The van der Waals surface area contributed by atoms with E-state index in [0.717, 1.165) is 11.1 Å². The third-order valence-corrected chi connectivity index (χ3v) is 4.27. The Labute approximate surface area is 149 Å². The largest absolute Gasteiger partial charge is 0.192 e. The van der Waals surface area contributed by atoms with Gasteiger partial charge in [0.1, 0.15) is 0 Å². The lowest BCUT2D eigenvalue weighted by molar-refractivity contribution is 1.37. The molecule has 0 spiro atoms. The highest BCUT2D eigenvalue weighted by Crippen LogP contribution is 2.26. The van der Waals surface area contributed by atoms with Gasteiger partial charge >= 0.3 is 0 Å². The van der Waals surface area contributed by atoms with E-state index in [1.807, 2.05) is 12.1 Å². The first-order valence-electron chi connectivity index (χ1n) is 8.27. The molecule has 3 aromatic rings. The SMILES string of the molecule is Cc1ccc(-c2ccc(C#Cc3ccc(C#N)cc3)c(C)c2)c(C)c1. The van der Waals surface area contributed by atoms with E-state index in [1.165, 1.54) is 27.8 Å². The number of nitriles is 1. The fourth-order valence-electron chi connectivity index (χ4n) is 2.88. The molecule has 0 heterocycles. The van der Waals surface area contributed by atoms with Gasteiger partial charge in [0.2, 0.25) is 0 Å². The molecule has 0 fully saturated rings. The molecule has 0 aliphatic heterocycles. The van der Waals surface area contributed by atoms with Crippen LogP contribution in [0.15, 0.2) is 60.7 Å². The molecular formula is C24H19N. The molecule has 0 saturated heterocycles. The number of hydrogen-bond acceptors (Lipinski definition) is 1. The Morgan fingerprint density at radius 3 is 2.04 bits per heavy atom. The normalized spacial score (nSPS) is 9.84. The van der Waals surface area contributed by atoms with Crippen molar-refractivity contribution in [3.63, 3.8) is 0 Å². The van der Waals surface area contributed by atoms with Crippen LogP contribution in [0, 0.1) is 43.9 Å². The monoisotopic (exact) mass is 321 g/mol. The molecule has 0 bridgehead atoms. The first-order valence-corrected chi connectivity index (χ1v) is 8.27. The van der Waals surface area contributed by atoms with Crippen molar-refractivity contribution in [2.75, 3.05) is 0 Å². The van der Waals surface area contributed by atoms with Gasteiger partial charge in [-0.1, -0.05) is 47.7 Å². The molecule has 1 nitrogen and oxygen atoms in total. The van der Waals surface area contributed by atoms with Gasteiger partial charge in [0.15, 0.2) is 0 Å². The number of aryl methyl sites for hydroxylation is 3. The smallest absolute Gasteiger partial charge is 0.0991 e. The zero-order valence-corrected chi connectivity index (χ0v) is 14.7. The summed E-state index contributed by atoms with van der Waals surface area (Å²) in [6.07, 6.45) is 0. The van der Waals surface area contributed by atoms with Gasteiger partial charge in [-0.3, -0.25) is 0 Å². The lowest BCUT2D eigenvalue weighted by Gasteiger charge is -2.09. The van der Waals surface area contributed by atoms with Crippen LogP contribution in [0.4, 0.5) is 0 Å². The van der Waals surface area contributed by atoms with Gasteiger partial charge in [0.05, 0.1) is 11.6 Å². The fourth-order valence-corrected chi connectivity index (χ4v) is 2.88. The molecule has 0 radical (unpaired) electrons. The van der Waals surface area contributed by atoms with Gasteiger partial charge in [-0.15, -0.1) is 0 Å². The highest BCUT2D eigenvalue weighted by molar-refractivity contribution is 5.69. The van der Waals surface area contributed by atoms with Crippen LogP contribution < -0.4 is 0 Å². The maximum Gasteiger partial charge on any atom is 0.0991 e. The lowest BCUT2D eigenvalue weighted by Crippen LogP contribution is -1.88. The topological polar surface area (TPSA) is 23.8 Å². The molecule has 0 atom stereocenters. The standard InChI is InChI=1S/C24H19N/c1-17-4-13-24(19(3)14-17)23-12-11-22(18(2)15-23)10-9-20-5-7-21(16-25)8-6-20/h4-8,11-15H,1-3H3. The molecule has 0 amide bonds. The third kappa shape index (κ3) is 3.79. The van der Waals surface area contributed by atoms with Crippen molar-refractivity contribution in [3.8, 4) is 29.0 Å². The van der Waals surface area contributed by atoms with Crippen LogP contribution in [0.5, 0.6) is 0 Å². The Hall–Kier alpha value is -3.29. The molecular weight excluding hydrogens is 302 g/mol. The Kier molecular flexibility index (Phi) is 4.69. The van der Waals surface area contributed by atoms with Crippen LogP contribution in [0.2, 0.25) is 0 Å². The summed E-state index contributed by atoms with van der Waals surface area (Å²) in [7, 11) is 0. The minimum atomic E-state index is 0.652. The molecule has 0 saturated carbocycles.